The van der Waals surface area contributed by atoms with Gasteiger partial charge in [0.1, 0.15) is 0 Å². The summed E-state index contributed by atoms with van der Waals surface area (Å²) in [7, 11) is -3.32. The number of carbonyl (C=O) groups is 2. The van der Waals surface area contributed by atoms with E-state index in [0.29, 0.717) is 28.3 Å². The molecule has 168 valence electrons. The van der Waals surface area contributed by atoms with Crippen LogP contribution in [0.2, 0.25) is 0 Å². The molecule has 0 aliphatic carbocycles. The number of hydrogen-bond acceptors (Lipinski definition) is 5. The minimum absolute atomic E-state index is 0.00963. The molecular formula is C23H22BrNO6S. The fourth-order valence-electron chi connectivity index (χ4n) is 4.46. The fourth-order valence-corrected chi connectivity index (χ4v) is 6.91. The van der Waals surface area contributed by atoms with Crippen molar-refractivity contribution in [3.8, 4) is 0 Å². The Morgan fingerprint density at radius 1 is 1.22 bits per heavy atom. The van der Waals surface area contributed by atoms with Crippen molar-refractivity contribution >= 4 is 48.7 Å². The van der Waals surface area contributed by atoms with Gasteiger partial charge in [-0.05, 0) is 48.9 Å². The number of aromatic nitrogens is 1. The lowest BCUT2D eigenvalue weighted by molar-refractivity contribution is 0.0528. The quantitative estimate of drug-likeness (QED) is 0.478. The topological polar surface area (TPSA) is 103 Å². The molecule has 0 radical (unpaired) electrons. The molecule has 2 aromatic carbocycles. The summed E-state index contributed by atoms with van der Waals surface area (Å²) in [6.45, 7) is 1.84. The lowest BCUT2D eigenvalue weighted by atomic mass is 9.89. The summed E-state index contributed by atoms with van der Waals surface area (Å²) >= 11 is 3.41. The molecule has 32 heavy (non-hydrogen) atoms. The van der Waals surface area contributed by atoms with Gasteiger partial charge >= 0.3 is 12.1 Å². The minimum atomic E-state index is -3.32. The van der Waals surface area contributed by atoms with Crippen LogP contribution < -0.4 is 0 Å². The Balaban J connectivity index is 1.86. The summed E-state index contributed by atoms with van der Waals surface area (Å²) < 4.78 is 32.5. The molecule has 1 aromatic heterocycles. The van der Waals surface area contributed by atoms with E-state index in [1.165, 1.54) is 6.20 Å². The van der Waals surface area contributed by atoms with Gasteiger partial charge in [0, 0.05) is 16.1 Å². The minimum Gasteiger partial charge on any atom is -0.464 e. The molecule has 9 heteroatoms. The molecular weight excluding hydrogens is 498 g/mol. The van der Waals surface area contributed by atoms with Gasteiger partial charge < -0.3 is 9.84 Å². The van der Waals surface area contributed by atoms with Crippen molar-refractivity contribution in [2.45, 2.75) is 30.9 Å². The van der Waals surface area contributed by atoms with E-state index < -0.39 is 27.1 Å². The SMILES string of the molecule is CCOC(=O)c1cc(Br)cc2c(C3CCS(=O)(=O)C(c4ccccc4)C3)cn(C(=O)O)c12. The molecule has 7 nitrogen and oxygen atoms in total. The largest absolute Gasteiger partial charge is 0.464 e. The molecule has 1 aliphatic rings. The number of fused-ring (bicyclic) bond motifs is 1. The molecule has 0 spiro atoms. The van der Waals surface area contributed by atoms with E-state index in [1.807, 2.05) is 18.2 Å². The average molecular weight is 520 g/mol. The molecule has 2 atom stereocenters. The molecule has 1 aliphatic heterocycles. The van der Waals surface area contributed by atoms with E-state index in [1.54, 1.807) is 31.2 Å². The Kier molecular flexibility index (Phi) is 6.13. The van der Waals surface area contributed by atoms with Gasteiger partial charge in [0.2, 0.25) is 0 Å². The Labute approximate surface area is 194 Å². The number of nitrogens with zero attached hydrogens (tertiary/aromatic N) is 1. The number of esters is 1. The van der Waals surface area contributed by atoms with Crippen LogP contribution in [0.15, 0.2) is 53.1 Å². The Morgan fingerprint density at radius 3 is 2.59 bits per heavy atom. The maximum absolute atomic E-state index is 12.8. The molecule has 0 saturated carbocycles. The average Bonchev–Trinajstić information content (AvgIpc) is 3.13. The summed E-state index contributed by atoms with van der Waals surface area (Å²) in [4.78, 5) is 24.6. The van der Waals surface area contributed by atoms with Gasteiger partial charge in [0.05, 0.1) is 28.7 Å². The van der Waals surface area contributed by atoms with E-state index in [9.17, 15) is 23.1 Å². The fraction of sp³-hybridized carbons (Fsp3) is 0.304. The first-order valence-corrected chi connectivity index (χ1v) is 12.7. The van der Waals surface area contributed by atoms with Crippen LogP contribution in [0.4, 0.5) is 4.79 Å². The second kappa shape index (κ2) is 8.71. The van der Waals surface area contributed by atoms with E-state index in [2.05, 4.69) is 15.9 Å². The van der Waals surface area contributed by atoms with Crippen molar-refractivity contribution in [1.82, 2.24) is 4.57 Å². The van der Waals surface area contributed by atoms with Crippen LogP contribution in [-0.2, 0) is 14.6 Å². The lowest BCUT2D eigenvalue weighted by Crippen LogP contribution is -2.26. The van der Waals surface area contributed by atoms with Crippen molar-refractivity contribution < 1.29 is 27.9 Å². The molecule has 2 unspecified atom stereocenters. The highest BCUT2D eigenvalue weighted by atomic mass is 79.9. The zero-order chi connectivity index (χ0) is 23.0. The molecule has 0 amide bonds. The third kappa shape index (κ3) is 4.06. The number of carbonyl (C=O) groups excluding carboxylic acids is 1. The molecule has 1 saturated heterocycles. The van der Waals surface area contributed by atoms with Crippen LogP contribution in [0.5, 0.6) is 0 Å². The third-order valence-corrected chi connectivity index (χ3v) is 8.48. The second-order valence-corrected chi connectivity index (χ2v) is 11.0. The molecule has 4 rings (SSSR count). The Bertz CT molecular complexity index is 1300. The van der Waals surface area contributed by atoms with E-state index >= 15 is 0 Å². The molecule has 0 bridgehead atoms. The number of benzene rings is 2. The van der Waals surface area contributed by atoms with Crippen LogP contribution in [0.3, 0.4) is 0 Å². The molecule has 1 fully saturated rings. The van der Waals surface area contributed by atoms with Crippen LogP contribution in [-0.4, -0.2) is 42.5 Å². The van der Waals surface area contributed by atoms with Gasteiger partial charge in [-0.3, -0.25) is 4.57 Å². The first-order valence-electron chi connectivity index (χ1n) is 10.2. The normalized spacial score (nSPS) is 20.2. The van der Waals surface area contributed by atoms with Gasteiger partial charge in [-0.1, -0.05) is 46.3 Å². The Morgan fingerprint density at radius 2 is 1.94 bits per heavy atom. The summed E-state index contributed by atoms with van der Waals surface area (Å²) in [5.74, 6) is -0.786. The van der Waals surface area contributed by atoms with Crippen LogP contribution in [0, 0.1) is 0 Å². The predicted molar refractivity (Wildman–Crippen MR) is 124 cm³/mol. The summed E-state index contributed by atoms with van der Waals surface area (Å²) in [6.07, 6.45) is 1.00. The first-order chi connectivity index (χ1) is 15.2. The van der Waals surface area contributed by atoms with Gasteiger partial charge in [-0.2, -0.15) is 0 Å². The highest BCUT2D eigenvalue weighted by Crippen LogP contribution is 2.44. The number of carboxylic acid groups (broad SMARTS) is 1. The predicted octanol–water partition coefficient (Wildman–Crippen LogP) is 5.14. The standard InChI is InChI=1S/C23H22BrNO6S/c1-2-31-22(26)18-12-16(24)11-17-19(13-25(21(17)18)23(27)28)15-8-9-32(29,30)20(10-15)14-6-4-3-5-7-14/h3-7,11-13,15,20H,2,8-10H2,1H3,(H,27,28). The number of rotatable bonds is 4. The molecule has 2 heterocycles. The van der Waals surface area contributed by atoms with Crippen molar-refractivity contribution in [3.05, 3.63) is 69.8 Å². The second-order valence-electron chi connectivity index (χ2n) is 7.79. The monoisotopic (exact) mass is 519 g/mol. The first kappa shape index (κ1) is 22.5. The van der Waals surface area contributed by atoms with Gasteiger partial charge in [-0.15, -0.1) is 0 Å². The van der Waals surface area contributed by atoms with Gasteiger partial charge in [-0.25, -0.2) is 18.0 Å². The number of sulfone groups is 1. The zero-order valence-electron chi connectivity index (χ0n) is 17.3. The number of hydrogen-bond donors (Lipinski definition) is 1. The Hall–Kier alpha value is -2.65. The van der Waals surface area contributed by atoms with Crippen molar-refractivity contribution in [1.29, 1.82) is 0 Å². The number of ether oxygens (including phenoxy) is 1. The van der Waals surface area contributed by atoms with Crippen molar-refractivity contribution in [2.24, 2.45) is 0 Å². The smallest absolute Gasteiger partial charge is 0.416 e. The summed E-state index contributed by atoms with van der Waals surface area (Å²) in [5.41, 5.74) is 1.84. The highest BCUT2D eigenvalue weighted by molar-refractivity contribution is 9.10. The van der Waals surface area contributed by atoms with Crippen molar-refractivity contribution in [3.63, 3.8) is 0 Å². The van der Waals surface area contributed by atoms with E-state index in [0.717, 1.165) is 10.1 Å². The summed E-state index contributed by atoms with van der Waals surface area (Å²) in [5, 5.41) is 9.75. The summed E-state index contributed by atoms with van der Waals surface area (Å²) in [6, 6.07) is 12.4. The van der Waals surface area contributed by atoms with Crippen molar-refractivity contribution in [2.75, 3.05) is 12.4 Å². The highest BCUT2D eigenvalue weighted by Gasteiger charge is 2.37. The lowest BCUT2D eigenvalue weighted by Gasteiger charge is -2.29. The van der Waals surface area contributed by atoms with Gasteiger partial charge in [0.15, 0.2) is 9.84 Å². The third-order valence-electron chi connectivity index (χ3n) is 5.89. The number of halogens is 1. The van der Waals surface area contributed by atoms with Crippen LogP contribution >= 0.6 is 15.9 Å². The molecule has 1 N–H and O–H groups in total. The maximum Gasteiger partial charge on any atom is 0.416 e. The molecule has 3 aromatic rings. The van der Waals surface area contributed by atoms with E-state index in [4.69, 9.17) is 4.74 Å². The van der Waals surface area contributed by atoms with Crippen LogP contribution in [0.25, 0.3) is 10.9 Å². The van der Waals surface area contributed by atoms with Gasteiger partial charge in [0.25, 0.3) is 0 Å². The zero-order valence-corrected chi connectivity index (χ0v) is 19.7. The van der Waals surface area contributed by atoms with Crippen LogP contribution in [0.1, 0.15) is 52.4 Å². The van der Waals surface area contributed by atoms with E-state index in [-0.39, 0.29) is 29.4 Å². The maximum atomic E-state index is 12.8.